The summed E-state index contributed by atoms with van der Waals surface area (Å²) in [5.74, 6) is 0.389. The first-order valence-corrected chi connectivity index (χ1v) is 10.9. The Balaban J connectivity index is 1.67. The van der Waals surface area contributed by atoms with Gasteiger partial charge in [0.1, 0.15) is 0 Å². The van der Waals surface area contributed by atoms with Gasteiger partial charge in [-0.05, 0) is 64.4 Å². The molecule has 3 rings (SSSR count). The summed E-state index contributed by atoms with van der Waals surface area (Å²) in [7, 11) is 0. The molecule has 0 atom stereocenters. The molecule has 30 heavy (non-hydrogen) atoms. The van der Waals surface area contributed by atoms with Crippen LogP contribution in [0.2, 0.25) is 0 Å². The molecule has 8 heteroatoms. The number of thioether (sulfide) groups is 1. The second-order valence-corrected chi connectivity index (χ2v) is 7.91. The Morgan fingerprint density at radius 2 is 1.77 bits per heavy atom. The van der Waals surface area contributed by atoms with Crippen LogP contribution < -0.4 is 4.90 Å². The number of nitrogens with zero attached hydrogens (tertiary/aromatic N) is 3. The Hall–Kier alpha value is -2.87. The van der Waals surface area contributed by atoms with Gasteiger partial charge < -0.3 is 14.3 Å². The van der Waals surface area contributed by atoms with E-state index < -0.39 is 0 Å². The SMILES string of the molecule is CCN(CC)c1ccc(-c2nnc(SCC(=O)c3[nH]c(C)c(C(C)=O)c3C)o2)cc1. The monoisotopic (exact) mass is 426 g/mol. The van der Waals surface area contributed by atoms with Crippen LogP contribution in [0.25, 0.3) is 11.5 Å². The summed E-state index contributed by atoms with van der Waals surface area (Å²) in [6.45, 7) is 11.2. The van der Waals surface area contributed by atoms with Crippen LogP contribution in [0.15, 0.2) is 33.9 Å². The van der Waals surface area contributed by atoms with Gasteiger partial charge in [-0.2, -0.15) is 0 Å². The molecule has 0 aliphatic carbocycles. The third kappa shape index (κ3) is 4.48. The molecule has 0 bridgehead atoms. The summed E-state index contributed by atoms with van der Waals surface area (Å²) in [5, 5.41) is 8.47. The molecule has 0 spiro atoms. The Kier molecular flexibility index (Phi) is 6.77. The zero-order valence-corrected chi connectivity index (χ0v) is 18.7. The number of carbonyl (C=O) groups is 2. The largest absolute Gasteiger partial charge is 0.411 e. The highest BCUT2D eigenvalue weighted by Crippen LogP contribution is 2.27. The highest BCUT2D eigenvalue weighted by molar-refractivity contribution is 7.99. The van der Waals surface area contributed by atoms with Crippen molar-refractivity contribution < 1.29 is 14.0 Å². The Morgan fingerprint density at radius 1 is 1.10 bits per heavy atom. The van der Waals surface area contributed by atoms with E-state index in [4.69, 9.17) is 4.42 Å². The van der Waals surface area contributed by atoms with Gasteiger partial charge in [0.25, 0.3) is 5.22 Å². The summed E-state index contributed by atoms with van der Waals surface area (Å²) in [6.07, 6.45) is 0. The van der Waals surface area contributed by atoms with Crippen LogP contribution in [0.1, 0.15) is 52.9 Å². The van der Waals surface area contributed by atoms with Gasteiger partial charge in [0.15, 0.2) is 11.6 Å². The average molecular weight is 427 g/mol. The fraction of sp³-hybridized carbons (Fsp3) is 0.364. The van der Waals surface area contributed by atoms with Gasteiger partial charge in [-0.15, -0.1) is 10.2 Å². The number of Topliss-reactive ketones (excluding diaryl/α,β-unsaturated/α-hetero) is 2. The maximum Gasteiger partial charge on any atom is 0.277 e. The highest BCUT2D eigenvalue weighted by Gasteiger charge is 2.20. The number of nitrogens with one attached hydrogen (secondary N) is 1. The van der Waals surface area contributed by atoms with Crippen molar-refractivity contribution in [3.8, 4) is 11.5 Å². The second kappa shape index (κ2) is 9.30. The number of hydrogen-bond donors (Lipinski definition) is 1. The van der Waals surface area contributed by atoms with Crippen molar-refractivity contribution in [3.63, 3.8) is 0 Å². The minimum Gasteiger partial charge on any atom is -0.411 e. The number of carbonyl (C=O) groups excluding carboxylic acids is 2. The fourth-order valence-electron chi connectivity index (χ4n) is 3.54. The van der Waals surface area contributed by atoms with Gasteiger partial charge in [-0.3, -0.25) is 9.59 Å². The van der Waals surface area contributed by atoms with Gasteiger partial charge in [0.2, 0.25) is 5.89 Å². The van der Waals surface area contributed by atoms with E-state index in [0.29, 0.717) is 33.6 Å². The number of hydrogen-bond acceptors (Lipinski definition) is 7. The van der Waals surface area contributed by atoms with Crippen LogP contribution in [0.4, 0.5) is 5.69 Å². The molecule has 1 N–H and O–H groups in total. The first-order valence-electron chi connectivity index (χ1n) is 9.90. The number of anilines is 1. The van der Waals surface area contributed by atoms with Crippen LogP contribution in [0.3, 0.4) is 0 Å². The third-order valence-corrected chi connectivity index (χ3v) is 5.86. The van der Waals surface area contributed by atoms with Crippen LogP contribution in [-0.4, -0.2) is 45.6 Å². The quantitative estimate of drug-likeness (QED) is 0.391. The Morgan fingerprint density at radius 3 is 2.33 bits per heavy atom. The van der Waals surface area contributed by atoms with Gasteiger partial charge in [-0.1, -0.05) is 11.8 Å². The first-order chi connectivity index (χ1) is 14.3. The second-order valence-electron chi connectivity index (χ2n) is 6.99. The molecule has 0 saturated carbocycles. The van der Waals surface area contributed by atoms with Crippen LogP contribution >= 0.6 is 11.8 Å². The minimum absolute atomic E-state index is 0.0542. The summed E-state index contributed by atoms with van der Waals surface area (Å²) < 4.78 is 5.72. The van der Waals surface area contributed by atoms with Gasteiger partial charge in [0, 0.05) is 35.6 Å². The number of aromatic amines is 1. The van der Waals surface area contributed by atoms with E-state index in [1.165, 1.54) is 18.7 Å². The van der Waals surface area contributed by atoms with Crippen molar-refractivity contribution in [2.24, 2.45) is 0 Å². The first kappa shape index (κ1) is 21.8. The molecule has 158 valence electrons. The van der Waals surface area contributed by atoms with E-state index in [-0.39, 0.29) is 17.3 Å². The molecular weight excluding hydrogens is 400 g/mol. The molecular formula is C22H26N4O3S. The van der Waals surface area contributed by atoms with Gasteiger partial charge >= 0.3 is 0 Å². The smallest absolute Gasteiger partial charge is 0.277 e. The Bertz CT molecular complexity index is 1050. The topological polar surface area (TPSA) is 92.1 Å². The van der Waals surface area contributed by atoms with Crippen molar-refractivity contribution in [1.29, 1.82) is 0 Å². The number of aromatic nitrogens is 3. The summed E-state index contributed by atoms with van der Waals surface area (Å²) in [6, 6.07) is 7.97. The predicted octanol–water partition coefficient (Wildman–Crippen LogP) is 4.71. The van der Waals surface area contributed by atoms with E-state index in [0.717, 1.165) is 24.3 Å². The third-order valence-electron chi connectivity index (χ3n) is 5.04. The van der Waals surface area contributed by atoms with Crippen LogP contribution in [-0.2, 0) is 0 Å². The molecule has 0 aliphatic heterocycles. The molecule has 0 amide bonds. The molecule has 0 aliphatic rings. The number of aryl methyl sites for hydroxylation is 1. The summed E-state index contributed by atoms with van der Waals surface area (Å²) in [4.78, 5) is 29.7. The molecule has 3 aromatic rings. The van der Waals surface area contributed by atoms with E-state index in [9.17, 15) is 9.59 Å². The molecule has 2 heterocycles. The standard InChI is InChI=1S/C22H26N4O3S/c1-6-26(7-2)17-10-8-16(9-11-17)21-24-25-22(29-21)30-12-18(28)20-13(3)19(15(5)27)14(4)23-20/h8-11,23H,6-7,12H2,1-5H3. The number of benzene rings is 1. The maximum absolute atomic E-state index is 12.6. The van der Waals surface area contributed by atoms with Crippen LogP contribution in [0.5, 0.6) is 0 Å². The Labute approximate surface area is 180 Å². The lowest BCUT2D eigenvalue weighted by molar-refractivity contribution is 0.101. The fourth-order valence-corrected chi connectivity index (χ4v) is 4.18. The maximum atomic E-state index is 12.6. The van der Waals surface area contributed by atoms with Crippen molar-refractivity contribution >= 4 is 29.0 Å². The summed E-state index contributed by atoms with van der Waals surface area (Å²) >= 11 is 1.18. The van der Waals surface area contributed by atoms with E-state index in [2.05, 4.69) is 33.9 Å². The van der Waals surface area contributed by atoms with Crippen molar-refractivity contribution in [2.75, 3.05) is 23.7 Å². The molecule has 2 aromatic heterocycles. The molecule has 7 nitrogen and oxygen atoms in total. The zero-order chi connectivity index (χ0) is 21.8. The summed E-state index contributed by atoms with van der Waals surface area (Å²) in [5.41, 5.74) is 4.41. The van der Waals surface area contributed by atoms with Crippen molar-refractivity contribution in [1.82, 2.24) is 15.2 Å². The van der Waals surface area contributed by atoms with E-state index in [1.807, 2.05) is 24.3 Å². The normalized spacial score (nSPS) is 11.0. The molecule has 0 saturated heterocycles. The van der Waals surface area contributed by atoms with Crippen molar-refractivity contribution in [3.05, 3.63) is 46.8 Å². The minimum atomic E-state index is -0.114. The van der Waals surface area contributed by atoms with Crippen molar-refractivity contribution in [2.45, 2.75) is 39.8 Å². The van der Waals surface area contributed by atoms with Crippen LogP contribution in [0, 0.1) is 13.8 Å². The zero-order valence-electron chi connectivity index (χ0n) is 17.9. The predicted molar refractivity (Wildman–Crippen MR) is 119 cm³/mol. The highest BCUT2D eigenvalue weighted by atomic mass is 32.2. The average Bonchev–Trinajstić information content (AvgIpc) is 3.32. The number of rotatable bonds is 9. The molecule has 0 fully saturated rings. The van der Waals surface area contributed by atoms with E-state index in [1.54, 1.807) is 13.8 Å². The molecule has 0 unspecified atom stereocenters. The molecule has 0 radical (unpaired) electrons. The molecule has 1 aromatic carbocycles. The van der Waals surface area contributed by atoms with Gasteiger partial charge in [0.05, 0.1) is 11.4 Å². The number of H-pyrrole nitrogens is 1. The lowest BCUT2D eigenvalue weighted by atomic mass is 10.1. The van der Waals surface area contributed by atoms with Gasteiger partial charge in [-0.25, -0.2) is 0 Å². The number of ketones is 2. The lowest BCUT2D eigenvalue weighted by Gasteiger charge is -2.20. The lowest BCUT2D eigenvalue weighted by Crippen LogP contribution is -2.21. The van der Waals surface area contributed by atoms with E-state index >= 15 is 0 Å².